The highest BCUT2D eigenvalue weighted by atomic mass is 19.1. The Hall–Kier alpha value is -1.80. The van der Waals surface area contributed by atoms with Crippen molar-refractivity contribution in [2.45, 2.75) is 18.6 Å². The van der Waals surface area contributed by atoms with E-state index in [1.165, 1.54) is 0 Å². The monoisotopic (exact) mass is 323 g/mol. The van der Waals surface area contributed by atoms with Gasteiger partial charge in [-0.3, -0.25) is 9.69 Å². The zero-order valence-electron chi connectivity index (χ0n) is 13.0. The second kappa shape index (κ2) is 7.65. The van der Waals surface area contributed by atoms with Crippen LogP contribution in [-0.4, -0.2) is 79.2 Å². The molecule has 0 radical (unpaired) electrons. The Labute approximate surface area is 134 Å². The Kier molecular flexibility index (Phi) is 5.35. The summed E-state index contributed by atoms with van der Waals surface area (Å²) in [6.07, 6.45) is 1.08. The third kappa shape index (κ3) is 4.35. The minimum atomic E-state index is -0.904. The normalized spacial score (nSPS) is 25.5. The molecular formula is C15H22FN5O2. The van der Waals surface area contributed by atoms with Crippen molar-refractivity contribution in [1.29, 1.82) is 0 Å². The van der Waals surface area contributed by atoms with Crippen molar-refractivity contribution < 1.29 is 13.9 Å². The van der Waals surface area contributed by atoms with E-state index >= 15 is 0 Å². The molecule has 8 heteroatoms. The fourth-order valence-corrected chi connectivity index (χ4v) is 3.03. The summed E-state index contributed by atoms with van der Waals surface area (Å²) in [7, 11) is 0. The van der Waals surface area contributed by atoms with Crippen LogP contribution in [0.1, 0.15) is 6.42 Å². The molecule has 3 rings (SSSR count). The van der Waals surface area contributed by atoms with Crippen molar-refractivity contribution in [2.24, 2.45) is 0 Å². The highest BCUT2D eigenvalue weighted by Gasteiger charge is 2.33. The van der Waals surface area contributed by atoms with Crippen LogP contribution in [0.15, 0.2) is 18.3 Å². The van der Waals surface area contributed by atoms with E-state index in [9.17, 15) is 9.18 Å². The molecule has 3 heterocycles. The third-order valence-electron chi connectivity index (χ3n) is 4.22. The second-order valence-corrected chi connectivity index (χ2v) is 5.91. The van der Waals surface area contributed by atoms with Gasteiger partial charge in [-0.2, -0.15) is 5.10 Å². The number of hydrogen-bond acceptors (Lipinski definition) is 6. The molecule has 0 spiro atoms. The average molecular weight is 323 g/mol. The smallest absolute Gasteiger partial charge is 0.234 e. The van der Waals surface area contributed by atoms with E-state index in [0.717, 1.165) is 13.1 Å². The molecule has 0 aliphatic carbocycles. The molecule has 2 atom stereocenters. The number of halogens is 1. The summed E-state index contributed by atoms with van der Waals surface area (Å²) in [6, 6.07) is 3.51. The molecule has 0 unspecified atom stereocenters. The van der Waals surface area contributed by atoms with Gasteiger partial charge >= 0.3 is 0 Å². The number of alkyl halides is 1. The van der Waals surface area contributed by atoms with Crippen LogP contribution in [-0.2, 0) is 9.53 Å². The predicted octanol–water partition coefficient (Wildman–Crippen LogP) is -0.158. The number of nitrogens with zero attached hydrogens (tertiary/aromatic N) is 4. The number of carbonyl (C=O) groups is 1. The molecule has 7 nitrogen and oxygen atoms in total. The van der Waals surface area contributed by atoms with Crippen LogP contribution in [0.25, 0.3) is 0 Å². The first-order valence-corrected chi connectivity index (χ1v) is 7.97. The van der Waals surface area contributed by atoms with Crippen LogP contribution in [0.2, 0.25) is 0 Å². The fourth-order valence-electron chi connectivity index (χ4n) is 3.03. The van der Waals surface area contributed by atoms with Crippen molar-refractivity contribution in [2.75, 3.05) is 50.8 Å². The first kappa shape index (κ1) is 16.1. The molecule has 126 valence electrons. The van der Waals surface area contributed by atoms with Gasteiger partial charge in [0.25, 0.3) is 0 Å². The summed E-state index contributed by atoms with van der Waals surface area (Å²) in [5.74, 6) is 0.619. The highest BCUT2D eigenvalue weighted by Crippen LogP contribution is 2.24. The Morgan fingerprint density at radius 2 is 2.26 bits per heavy atom. The van der Waals surface area contributed by atoms with Crippen LogP contribution < -0.4 is 10.2 Å². The number of morpholine rings is 1. The summed E-state index contributed by atoms with van der Waals surface area (Å²) < 4.78 is 19.0. The molecule has 2 aliphatic heterocycles. The molecule has 0 bridgehead atoms. The lowest BCUT2D eigenvalue weighted by Crippen LogP contribution is -2.46. The van der Waals surface area contributed by atoms with E-state index in [1.807, 2.05) is 11.0 Å². The van der Waals surface area contributed by atoms with E-state index in [2.05, 4.69) is 20.4 Å². The van der Waals surface area contributed by atoms with Gasteiger partial charge in [-0.25, -0.2) is 4.39 Å². The van der Waals surface area contributed by atoms with Crippen molar-refractivity contribution in [3.63, 3.8) is 0 Å². The van der Waals surface area contributed by atoms with Gasteiger partial charge in [-0.05, 0) is 12.1 Å². The van der Waals surface area contributed by atoms with Gasteiger partial charge in [0.05, 0.1) is 32.3 Å². The predicted molar refractivity (Wildman–Crippen MR) is 82.9 cm³/mol. The summed E-state index contributed by atoms with van der Waals surface area (Å²) >= 11 is 0. The van der Waals surface area contributed by atoms with Crippen LogP contribution in [0, 0.1) is 0 Å². The SMILES string of the molecule is O=C(CN1CCOCC1)NC[C@@H]1C[C@H](F)CN1c1cccnn1. The lowest BCUT2D eigenvalue weighted by atomic mass is 10.2. The number of ether oxygens (including phenoxy) is 1. The van der Waals surface area contributed by atoms with Crippen molar-refractivity contribution in [3.8, 4) is 0 Å². The Morgan fingerprint density at radius 3 is 3.00 bits per heavy atom. The number of anilines is 1. The summed E-state index contributed by atoms with van der Waals surface area (Å²) in [6.45, 7) is 3.95. The van der Waals surface area contributed by atoms with Crippen LogP contribution in [0.4, 0.5) is 10.2 Å². The largest absolute Gasteiger partial charge is 0.379 e. The van der Waals surface area contributed by atoms with E-state index in [-0.39, 0.29) is 11.9 Å². The minimum Gasteiger partial charge on any atom is -0.379 e. The number of aromatic nitrogens is 2. The maximum Gasteiger partial charge on any atom is 0.234 e. The highest BCUT2D eigenvalue weighted by molar-refractivity contribution is 5.78. The molecule has 1 aromatic rings. The molecule has 23 heavy (non-hydrogen) atoms. The first-order chi connectivity index (χ1) is 11.2. The maximum absolute atomic E-state index is 13.8. The minimum absolute atomic E-state index is 0.0340. The molecule has 2 fully saturated rings. The molecule has 0 aromatic carbocycles. The topological polar surface area (TPSA) is 70.6 Å². The molecule has 0 saturated carbocycles. The molecule has 1 aromatic heterocycles. The van der Waals surface area contributed by atoms with Crippen LogP contribution >= 0.6 is 0 Å². The van der Waals surface area contributed by atoms with E-state index in [1.54, 1.807) is 12.3 Å². The maximum atomic E-state index is 13.8. The standard InChI is InChI=1S/C15H22FN5O2/c16-12-8-13(21(10-12)14-2-1-3-18-19-14)9-17-15(22)11-20-4-6-23-7-5-20/h1-3,12-13H,4-11H2,(H,17,22)/t12-,13-/m0/s1. The van der Waals surface area contributed by atoms with Gasteiger partial charge < -0.3 is 15.0 Å². The van der Waals surface area contributed by atoms with Crippen LogP contribution in [0.3, 0.4) is 0 Å². The first-order valence-electron chi connectivity index (χ1n) is 7.97. The Bertz CT molecular complexity index is 512. The van der Waals surface area contributed by atoms with Gasteiger partial charge in [0.15, 0.2) is 5.82 Å². The second-order valence-electron chi connectivity index (χ2n) is 5.91. The zero-order valence-corrected chi connectivity index (χ0v) is 13.0. The third-order valence-corrected chi connectivity index (χ3v) is 4.22. The quantitative estimate of drug-likeness (QED) is 0.812. The van der Waals surface area contributed by atoms with Gasteiger partial charge in [0.1, 0.15) is 6.17 Å². The number of nitrogens with one attached hydrogen (secondary N) is 1. The average Bonchev–Trinajstić information content (AvgIpc) is 2.96. The number of rotatable bonds is 5. The molecule has 2 aliphatic rings. The molecular weight excluding hydrogens is 301 g/mol. The van der Waals surface area contributed by atoms with E-state index in [0.29, 0.717) is 45.1 Å². The molecule has 1 amide bonds. The Morgan fingerprint density at radius 1 is 1.43 bits per heavy atom. The van der Waals surface area contributed by atoms with Gasteiger partial charge in [-0.15, -0.1) is 5.10 Å². The summed E-state index contributed by atoms with van der Waals surface area (Å²) in [5, 5.41) is 10.8. The lowest BCUT2D eigenvalue weighted by Gasteiger charge is -2.27. The fraction of sp³-hybridized carbons (Fsp3) is 0.667. The van der Waals surface area contributed by atoms with E-state index in [4.69, 9.17) is 4.74 Å². The van der Waals surface area contributed by atoms with Gasteiger partial charge in [-0.1, -0.05) is 0 Å². The van der Waals surface area contributed by atoms with Crippen molar-refractivity contribution >= 4 is 11.7 Å². The summed E-state index contributed by atoms with van der Waals surface area (Å²) in [4.78, 5) is 16.0. The lowest BCUT2D eigenvalue weighted by molar-refractivity contribution is -0.123. The van der Waals surface area contributed by atoms with E-state index < -0.39 is 6.17 Å². The van der Waals surface area contributed by atoms with Crippen molar-refractivity contribution in [1.82, 2.24) is 20.4 Å². The zero-order chi connectivity index (χ0) is 16.1. The van der Waals surface area contributed by atoms with Crippen LogP contribution in [0.5, 0.6) is 0 Å². The number of hydrogen-bond donors (Lipinski definition) is 1. The molecule has 2 saturated heterocycles. The number of carbonyl (C=O) groups excluding carboxylic acids is 1. The van der Waals surface area contributed by atoms with Gasteiger partial charge in [0, 0.05) is 32.3 Å². The number of amides is 1. The summed E-state index contributed by atoms with van der Waals surface area (Å²) in [5.41, 5.74) is 0. The van der Waals surface area contributed by atoms with Crippen molar-refractivity contribution in [3.05, 3.63) is 18.3 Å². The van der Waals surface area contributed by atoms with Gasteiger partial charge in [0.2, 0.25) is 5.91 Å². The Balaban J connectivity index is 1.50. The molecule has 1 N–H and O–H groups in total.